The van der Waals surface area contributed by atoms with Crippen molar-refractivity contribution in [3.05, 3.63) is 41.0 Å². The lowest BCUT2D eigenvalue weighted by molar-refractivity contribution is 0.0948. The lowest BCUT2D eigenvalue weighted by Gasteiger charge is -2.07. The van der Waals surface area contributed by atoms with Gasteiger partial charge in [-0.1, -0.05) is 23.7 Å². The van der Waals surface area contributed by atoms with Crippen molar-refractivity contribution in [1.29, 1.82) is 0 Å². The molecule has 1 heterocycles. The number of benzene rings is 1. The second-order valence-corrected chi connectivity index (χ2v) is 4.99. The van der Waals surface area contributed by atoms with E-state index in [1.807, 2.05) is 19.1 Å². The molecule has 0 radical (unpaired) electrons. The number of carbonyl (C=O) groups excluding carboxylic acids is 1. The molecule has 3 N–H and O–H groups in total. The molecule has 0 saturated heterocycles. The third-order valence-electron chi connectivity index (χ3n) is 2.77. The topological polar surface area (TPSA) is 68.0 Å². The van der Waals surface area contributed by atoms with Gasteiger partial charge in [-0.05, 0) is 31.5 Å². The zero-order chi connectivity index (χ0) is 13.8. The Balaban J connectivity index is 2.13. The van der Waals surface area contributed by atoms with E-state index >= 15 is 0 Å². The van der Waals surface area contributed by atoms with Crippen LogP contribution < -0.4 is 11.1 Å². The highest BCUT2D eigenvalue weighted by Gasteiger charge is 2.08. The summed E-state index contributed by atoms with van der Waals surface area (Å²) in [6, 6.07) is 9.06. The molecule has 5 heteroatoms. The first-order valence-corrected chi connectivity index (χ1v) is 6.54. The standard InChI is InChI=1S/C14H16ClN3O/c1-9(16)6-7-17-14(19)12-5-3-10-2-4-11(15)8-13(10)18-12/h2-5,8-9H,6-7,16H2,1H3,(H,17,19). The summed E-state index contributed by atoms with van der Waals surface area (Å²) in [6.07, 6.45) is 0.741. The Bertz CT molecular complexity index is 598. The molecule has 2 aromatic rings. The van der Waals surface area contributed by atoms with Gasteiger partial charge < -0.3 is 11.1 Å². The fraction of sp³-hybridized carbons (Fsp3) is 0.286. The summed E-state index contributed by atoms with van der Waals surface area (Å²) >= 11 is 5.91. The number of fused-ring (bicyclic) bond motifs is 1. The van der Waals surface area contributed by atoms with Crippen molar-refractivity contribution in [2.75, 3.05) is 6.54 Å². The normalized spacial score (nSPS) is 12.4. The van der Waals surface area contributed by atoms with Crippen LogP contribution >= 0.6 is 11.6 Å². The molecular formula is C14H16ClN3O. The van der Waals surface area contributed by atoms with Gasteiger partial charge in [-0.15, -0.1) is 0 Å². The van der Waals surface area contributed by atoms with Crippen molar-refractivity contribution < 1.29 is 4.79 Å². The van der Waals surface area contributed by atoms with Crippen LogP contribution in [0.25, 0.3) is 10.9 Å². The van der Waals surface area contributed by atoms with Gasteiger partial charge >= 0.3 is 0 Å². The van der Waals surface area contributed by atoms with E-state index in [4.69, 9.17) is 17.3 Å². The maximum atomic E-state index is 11.9. The highest BCUT2D eigenvalue weighted by atomic mass is 35.5. The fourth-order valence-electron chi connectivity index (χ4n) is 1.72. The molecule has 0 fully saturated rings. The molecular weight excluding hydrogens is 262 g/mol. The molecule has 1 unspecified atom stereocenters. The van der Waals surface area contributed by atoms with E-state index in [1.54, 1.807) is 18.2 Å². The minimum absolute atomic E-state index is 0.0728. The average molecular weight is 278 g/mol. The number of hydrogen-bond acceptors (Lipinski definition) is 3. The molecule has 0 spiro atoms. The number of nitrogens with zero attached hydrogens (tertiary/aromatic N) is 1. The second-order valence-electron chi connectivity index (χ2n) is 4.56. The van der Waals surface area contributed by atoms with Crippen molar-refractivity contribution in [1.82, 2.24) is 10.3 Å². The molecule has 0 bridgehead atoms. The molecule has 0 aliphatic rings. The monoisotopic (exact) mass is 277 g/mol. The third-order valence-corrected chi connectivity index (χ3v) is 3.01. The minimum Gasteiger partial charge on any atom is -0.351 e. The lowest BCUT2D eigenvalue weighted by Crippen LogP contribution is -2.29. The van der Waals surface area contributed by atoms with Crippen molar-refractivity contribution in [3.63, 3.8) is 0 Å². The maximum absolute atomic E-state index is 11.9. The second kappa shape index (κ2) is 5.99. The summed E-state index contributed by atoms with van der Waals surface area (Å²) in [4.78, 5) is 16.2. The molecule has 0 saturated carbocycles. The first-order chi connectivity index (χ1) is 9.06. The van der Waals surface area contributed by atoms with Crippen LogP contribution in [-0.4, -0.2) is 23.5 Å². The molecule has 0 aliphatic carbocycles. The van der Waals surface area contributed by atoms with E-state index < -0.39 is 0 Å². The SMILES string of the molecule is CC(N)CCNC(=O)c1ccc2ccc(Cl)cc2n1. The van der Waals surface area contributed by atoms with E-state index in [0.29, 0.717) is 22.8 Å². The molecule has 19 heavy (non-hydrogen) atoms. The Morgan fingerprint density at radius 2 is 2.16 bits per heavy atom. The van der Waals surface area contributed by atoms with E-state index in [1.165, 1.54) is 0 Å². The van der Waals surface area contributed by atoms with Gasteiger partial charge in [0.05, 0.1) is 5.52 Å². The van der Waals surface area contributed by atoms with Crippen LogP contribution in [-0.2, 0) is 0 Å². The van der Waals surface area contributed by atoms with Gasteiger partial charge in [-0.25, -0.2) is 4.98 Å². The smallest absolute Gasteiger partial charge is 0.269 e. The Morgan fingerprint density at radius 3 is 2.89 bits per heavy atom. The predicted octanol–water partition coefficient (Wildman–Crippen LogP) is 2.36. The quantitative estimate of drug-likeness (QED) is 0.901. The summed E-state index contributed by atoms with van der Waals surface area (Å²) in [5, 5.41) is 4.36. The Kier molecular flexibility index (Phi) is 4.35. The maximum Gasteiger partial charge on any atom is 0.269 e. The van der Waals surface area contributed by atoms with Crippen LogP contribution in [0.2, 0.25) is 5.02 Å². The van der Waals surface area contributed by atoms with Crippen molar-refractivity contribution in [2.45, 2.75) is 19.4 Å². The predicted molar refractivity (Wildman–Crippen MR) is 77.4 cm³/mol. The Labute approximate surface area is 117 Å². The first-order valence-electron chi connectivity index (χ1n) is 6.16. The zero-order valence-corrected chi connectivity index (χ0v) is 11.4. The Hall–Kier alpha value is -1.65. The van der Waals surface area contributed by atoms with Gasteiger partial charge in [0.15, 0.2) is 0 Å². The number of hydrogen-bond donors (Lipinski definition) is 2. The molecule has 1 aromatic heterocycles. The van der Waals surface area contributed by atoms with Crippen molar-refractivity contribution >= 4 is 28.4 Å². The third kappa shape index (κ3) is 3.66. The summed E-state index contributed by atoms with van der Waals surface area (Å²) in [7, 11) is 0. The first kappa shape index (κ1) is 13.8. The van der Waals surface area contributed by atoms with Crippen LogP contribution in [0.3, 0.4) is 0 Å². The van der Waals surface area contributed by atoms with E-state index in [2.05, 4.69) is 10.3 Å². The fourth-order valence-corrected chi connectivity index (χ4v) is 1.89. The zero-order valence-electron chi connectivity index (χ0n) is 10.7. The molecule has 2 rings (SSSR count). The number of nitrogens with one attached hydrogen (secondary N) is 1. The van der Waals surface area contributed by atoms with Crippen LogP contribution in [0.15, 0.2) is 30.3 Å². The van der Waals surface area contributed by atoms with E-state index in [9.17, 15) is 4.79 Å². The van der Waals surface area contributed by atoms with Gasteiger partial charge in [0.25, 0.3) is 5.91 Å². The summed E-state index contributed by atoms with van der Waals surface area (Å²) in [5.41, 5.74) is 6.73. The number of amides is 1. The number of nitrogens with two attached hydrogens (primary N) is 1. The van der Waals surface area contributed by atoms with Crippen LogP contribution in [0.5, 0.6) is 0 Å². The van der Waals surface area contributed by atoms with Gasteiger partial charge in [-0.3, -0.25) is 4.79 Å². The van der Waals surface area contributed by atoms with Gasteiger partial charge in [0, 0.05) is 23.0 Å². The summed E-state index contributed by atoms with van der Waals surface area (Å²) in [6.45, 7) is 2.45. The Morgan fingerprint density at radius 1 is 1.42 bits per heavy atom. The molecule has 0 aliphatic heterocycles. The number of carbonyl (C=O) groups is 1. The van der Waals surface area contributed by atoms with E-state index in [-0.39, 0.29) is 11.9 Å². The highest BCUT2D eigenvalue weighted by Crippen LogP contribution is 2.17. The van der Waals surface area contributed by atoms with Crippen molar-refractivity contribution in [2.24, 2.45) is 5.73 Å². The van der Waals surface area contributed by atoms with Crippen LogP contribution in [0, 0.1) is 0 Å². The molecule has 4 nitrogen and oxygen atoms in total. The van der Waals surface area contributed by atoms with E-state index in [0.717, 1.165) is 11.8 Å². The van der Waals surface area contributed by atoms with Gasteiger partial charge in [0.2, 0.25) is 0 Å². The molecule has 1 atom stereocenters. The minimum atomic E-state index is -0.192. The molecule has 1 amide bonds. The van der Waals surface area contributed by atoms with Crippen molar-refractivity contribution in [3.8, 4) is 0 Å². The summed E-state index contributed by atoms with van der Waals surface area (Å²) < 4.78 is 0. The van der Waals surface area contributed by atoms with Gasteiger partial charge in [-0.2, -0.15) is 0 Å². The molecule has 1 aromatic carbocycles. The molecule has 100 valence electrons. The lowest BCUT2D eigenvalue weighted by atomic mass is 10.2. The van der Waals surface area contributed by atoms with Gasteiger partial charge in [0.1, 0.15) is 5.69 Å². The summed E-state index contributed by atoms with van der Waals surface area (Å²) in [5.74, 6) is -0.192. The number of rotatable bonds is 4. The average Bonchev–Trinajstić information content (AvgIpc) is 2.37. The highest BCUT2D eigenvalue weighted by molar-refractivity contribution is 6.31. The number of aromatic nitrogens is 1. The number of halogens is 1. The van der Waals surface area contributed by atoms with Crippen LogP contribution in [0.4, 0.5) is 0 Å². The van der Waals surface area contributed by atoms with Crippen LogP contribution in [0.1, 0.15) is 23.8 Å². The largest absolute Gasteiger partial charge is 0.351 e. The number of pyridine rings is 1.